The zero-order valence-corrected chi connectivity index (χ0v) is 21.5. The van der Waals surface area contributed by atoms with Crippen LogP contribution < -0.4 is 14.8 Å². The van der Waals surface area contributed by atoms with E-state index in [1.54, 1.807) is 20.8 Å². The Balaban J connectivity index is 1.65. The van der Waals surface area contributed by atoms with Gasteiger partial charge in [-0.2, -0.15) is 0 Å². The van der Waals surface area contributed by atoms with Gasteiger partial charge in [0.15, 0.2) is 11.5 Å². The van der Waals surface area contributed by atoms with Gasteiger partial charge in [-0.25, -0.2) is 9.59 Å². The Hall–Kier alpha value is -3.14. The third-order valence-electron chi connectivity index (χ3n) is 7.14. The highest BCUT2D eigenvalue weighted by Gasteiger charge is 2.62. The van der Waals surface area contributed by atoms with E-state index in [0.717, 1.165) is 16.7 Å². The summed E-state index contributed by atoms with van der Waals surface area (Å²) in [6.07, 6.45) is 0.551. The Morgan fingerprint density at radius 1 is 1.05 bits per heavy atom. The third kappa shape index (κ3) is 5.30. The van der Waals surface area contributed by atoms with E-state index in [0.29, 0.717) is 31.1 Å². The lowest BCUT2D eigenvalue weighted by molar-refractivity contribution is -0.168. The van der Waals surface area contributed by atoms with Crippen LogP contribution in [0.1, 0.15) is 43.5 Å². The molecule has 9 heteroatoms. The first-order valence-electron chi connectivity index (χ1n) is 12.7. The molecule has 0 unspecified atom stereocenters. The van der Waals surface area contributed by atoms with Crippen LogP contribution in [0.3, 0.4) is 0 Å². The number of esters is 2. The molecule has 1 fully saturated rings. The van der Waals surface area contributed by atoms with Gasteiger partial charge in [-0.3, -0.25) is 5.32 Å². The summed E-state index contributed by atoms with van der Waals surface area (Å²) in [6, 6.07) is 13.1. The number of rotatable bonds is 11. The average molecular weight is 514 g/mol. The topological polar surface area (TPSA) is 113 Å². The molecule has 0 aromatic heterocycles. The van der Waals surface area contributed by atoms with Crippen molar-refractivity contribution in [3.63, 3.8) is 0 Å². The summed E-state index contributed by atoms with van der Waals surface area (Å²) < 4.78 is 27.8. The minimum absolute atomic E-state index is 0.107. The van der Waals surface area contributed by atoms with E-state index in [2.05, 4.69) is 5.32 Å². The van der Waals surface area contributed by atoms with E-state index in [-0.39, 0.29) is 26.6 Å². The minimum atomic E-state index is -1.75. The Labute approximate surface area is 217 Å². The maximum absolute atomic E-state index is 13.2. The van der Waals surface area contributed by atoms with Crippen molar-refractivity contribution < 1.29 is 38.4 Å². The molecule has 9 nitrogen and oxygen atoms in total. The molecule has 2 aromatic rings. The second-order valence-electron chi connectivity index (χ2n) is 9.20. The van der Waals surface area contributed by atoms with E-state index in [1.807, 2.05) is 42.5 Å². The molecule has 0 aliphatic carbocycles. The van der Waals surface area contributed by atoms with Crippen LogP contribution in [0.4, 0.5) is 0 Å². The molecule has 4 rings (SSSR count). The highest BCUT2D eigenvalue weighted by Crippen LogP contribution is 2.47. The highest BCUT2D eigenvalue weighted by molar-refractivity contribution is 6.06. The van der Waals surface area contributed by atoms with Crippen LogP contribution in [0, 0.1) is 11.8 Å². The van der Waals surface area contributed by atoms with Crippen LogP contribution in [0.15, 0.2) is 42.5 Å². The van der Waals surface area contributed by atoms with Crippen molar-refractivity contribution in [1.29, 1.82) is 0 Å². The van der Waals surface area contributed by atoms with Crippen LogP contribution >= 0.6 is 0 Å². The number of nitrogens with one attached hydrogen (secondary N) is 1. The predicted molar refractivity (Wildman–Crippen MR) is 134 cm³/mol. The minimum Gasteiger partial charge on any atom is -0.464 e. The molecule has 3 atom stereocenters. The van der Waals surface area contributed by atoms with E-state index in [9.17, 15) is 14.7 Å². The molecule has 0 bridgehead atoms. The van der Waals surface area contributed by atoms with Crippen molar-refractivity contribution in [3.05, 3.63) is 59.2 Å². The number of aliphatic hydroxyl groups is 1. The van der Waals surface area contributed by atoms with Crippen molar-refractivity contribution >= 4 is 11.9 Å². The molecule has 0 radical (unpaired) electrons. The van der Waals surface area contributed by atoms with Crippen LogP contribution in [-0.4, -0.2) is 55.8 Å². The monoisotopic (exact) mass is 513 g/mol. The number of aliphatic hydroxyl groups excluding tert-OH is 1. The molecule has 0 spiro atoms. The van der Waals surface area contributed by atoms with Crippen molar-refractivity contribution in [2.24, 2.45) is 11.8 Å². The Kier molecular flexibility index (Phi) is 8.68. The summed E-state index contributed by atoms with van der Waals surface area (Å²) in [5.41, 5.74) is 1.04. The summed E-state index contributed by atoms with van der Waals surface area (Å²) in [6.45, 7) is 6.12. The number of fused-ring (bicyclic) bond motifs is 1. The summed E-state index contributed by atoms with van der Waals surface area (Å²) in [7, 11) is 0. The van der Waals surface area contributed by atoms with Gasteiger partial charge in [-0.15, -0.1) is 0 Å². The van der Waals surface area contributed by atoms with Crippen molar-refractivity contribution in [2.45, 2.75) is 45.4 Å². The predicted octanol–water partition coefficient (Wildman–Crippen LogP) is 2.93. The third-order valence-corrected chi connectivity index (χ3v) is 7.14. The first kappa shape index (κ1) is 26.9. The molecule has 2 aliphatic rings. The average Bonchev–Trinajstić information content (AvgIpc) is 3.48. The fraction of sp³-hybridized carbons (Fsp3) is 0.500. The van der Waals surface area contributed by atoms with Crippen LogP contribution in [-0.2, 0) is 36.8 Å². The number of carbonyl (C=O) groups excluding carboxylic acids is 2. The van der Waals surface area contributed by atoms with Gasteiger partial charge in [0.25, 0.3) is 0 Å². The number of ether oxygens (including phenoxy) is 5. The fourth-order valence-corrected chi connectivity index (χ4v) is 5.18. The van der Waals surface area contributed by atoms with Crippen molar-refractivity contribution in [2.75, 3.05) is 33.2 Å². The normalized spacial score (nSPS) is 21.6. The van der Waals surface area contributed by atoms with Gasteiger partial charge in [0.05, 0.1) is 26.4 Å². The van der Waals surface area contributed by atoms with E-state index >= 15 is 0 Å². The summed E-state index contributed by atoms with van der Waals surface area (Å²) >= 11 is 0. The Bertz CT molecular complexity index is 1070. The molecule has 200 valence electrons. The lowest BCUT2D eigenvalue weighted by Gasteiger charge is -2.29. The number of carbonyl (C=O) groups is 2. The van der Waals surface area contributed by atoms with Gasteiger partial charge in [-0.05, 0) is 49.1 Å². The van der Waals surface area contributed by atoms with E-state index in [1.165, 1.54) is 0 Å². The Morgan fingerprint density at radius 2 is 1.70 bits per heavy atom. The molecule has 0 saturated carbocycles. The van der Waals surface area contributed by atoms with Crippen molar-refractivity contribution in [1.82, 2.24) is 5.32 Å². The van der Waals surface area contributed by atoms with Crippen LogP contribution in [0.2, 0.25) is 0 Å². The SMILES string of the molecule is CCOC(=O)C1(C(=O)OCC)N[C@H](c2cc3c(cc2CCOCc2ccccc2)OCO3)[C@H](CO)[C@H]1C. The molecule has 2 aliphatic heterocycles. The Morgan fingerprint density at radius 3 is 2.32 bits per heavy atom. The van der Waals surface area contributed by atoms with Gasteiger partial charge in [-0.1, -0.05) is 37.3 Å². The summed E-state index contributed by atoms with van der Waals surface area (Å²) in [5, 5.41) is 13.7. The second kappa shape index (κ2) is 11.9. The standard InChI is InChI=1S/C28H35NO8/c1-4-34-26(31)28(27(32)35-5-2)18(3)22(15-30)25(29-28)21-14-24-23(36-17-37-24)13-20(21)11-12-33-16-19-9-7-6-8-10-19/h6-10,13-14,18,22,25,29-30H,4-5,11-12,15-17H2,1-3H3/t18-,22-,25-/m1/s1. The smallest absolute Gasteiger partial charge is 0.338 e. The molecular formula is C28H35NO8. The summed E-state index contributed by atoms with van der Waals surface area (Å²) in [4.78, 5) is 26.4. The molecule has 2 heterocycles. The molecule has 1 saturated heterocycles. The van der Waals surface area contributed by atoms with Gasteiger partial charge < -0.3 is 28.8 Å². The van der Waals surface area contributed by atoms with E-state index < -0.39 is 35.4 Å². The first-order valence-corrected chi connectivity index (χ1v) is 12.7. The molecule has 2 aromatic carbocycles. The van der Waals surface area contributed by atoms with Gasteiger partial charge in [0, 0.05) is 24.5 Å². The van der Waals surface area contributed by atoms with Gasteiger partial charge in [0.2, 0.25) is 12.3 Å². The molecular weight excluding hydrogens is 478 g/mol. The number of hydrogen-bond donors (Lipinski definition) is 2. The molecule has 0 amide bonds. The number of benzene rings is 2. The lowest BCUT2D eigenvalue weighted by atomic mass is 9.78. The maximum atomic E-state index is 13.2. The highest BCUT2D eigenvalue weighted by atomic mass is 16.7. The molecule has 2 N–H and O–H groups in total. The zero-order valence-electron chi connectivity index (χ0n) is 21.5. The lowest BCUT2D eigenvalue weighted by Crippen LogP contribution is -2.60. The quantitative estimate of drug-likeness (QED) is 0.266. The van der Waals surface area contributed by atoms with Crippen molar-refractivity contribution in [3.8, 4) is 11.5 Å². The first-order chi connectivity index (χ1) is 18.0. The number of hydrogen-bond acceptors (Lipinski definition) is 9. The zero-order chi connectivity index (χ0) is 26.4. The van der Waals surface area contributed by atoms with Crippen LogP contribution in [0.5, 0.6) is 11.5 Å². The van der Waals surface area contributed by atoms with Crippen LogP contribution in [0.25, 0.3) is 0 Å². The largest absolute Gasteiger partial charge is 0.464 e. The van der Waals surface area contributed by atoms with Gasteiger partial charge >= 0.3 is 11.9 Å². The van der Waals surface area contributed by atoms with Gasteiger partial charge in [0.1, 0.15) is 0 Å². The fourth-order valence-electron chi connectivity index (χ4n) is 5.18. The summed E-state index contributed by atoms with van der Waals surface area (Å²) in [5.74, 6) is -1.31. The maximum Gasteiger partial charge on any atom is 0.338 e. The van der Waals surface area contributed by atoms with E-state index in [4.69, 9.17) is 23.7 Å². The second-order valence-corrected chi connectivity index (χ2v) is 9.20. The molecule has 37 heavy (non-hydrogen) atoms.